The summed E-state index contributed by atoms with van der Waals surface area (Å²) in [4.78, 5) is 12.1. The van der Waals surface area contributed by atoms with Crippen LogP contribution in [0.15, 0.2) is 24.3 Å². The first kappa shape index (κ1) is 15.1. The molecule has 21 heavy (non-hydrogen) atoms. The average Bonchev–Trinajstić information content (AvgIpc) is 2.75. The Balaban J connectivity index is 2.08. The number of nitrogens with one attached hydrogen (secondary N) is 1. The number of nitrogens with zero attached hydrogens (tertiary/aromatic N) is 2. The third-order valence-electron chi connectivity index (χ3n) is 3.01. The van der Waals surface area contributed by atoms with E-state index in [9.17, 15) is 9.18 Å². The van der Waals surface area contributed by atoms with Gasteiger partial charge in [-0.05, 0) is 19.1 Å². The lowest BCUT2D eigenvalue weighted by Gasteiger charge is -2.07. The fourth-order valence-corrected chi connectivity index (χ4v) is 2.06. The van der Waals surface area contributed by atoms with Gasteiger partial charge in [-0.25, -0.2) is 4.39 Å². The van der Waals surface area contributed by atoms with Crippen LogP contribution >= 0.6 is 12.2 Å². The second-order valence-electron chi connectivity index (χ2n) is 4.65. The summed E-state index contributed by atoms with van der Waals surface area (Å²) in [7, 11) is 1.68. The Bertz CT molecular complexity index is 711. The first-order valence-corrected chi connectivity index (χ1v) is 6.66. The maximum absolute atomic E-state index is 13.9. The average molecular weight is 306 g/mol. The van der Waals surface area contributed by atoms with Gasteiger partial charge in [0.25, 0.3) is 5.91 Å². The molecule has 1 heterocycles. The van der Waals surface area contributed by atoms with E-state index in [1.54, 1.807) is 32.2 Å². The Labute approximate surface area is 126 Å². The molecular formula is C14H15FN4OS. The molecule has 7 heteroatoms. The van der Waals surface area contributed by atoms with Crippen LogP contribution in [0.25, 0.3) is 0 Å². The van der Waals surface area contributed by atoms with Crippen LogP contribution in [0, 0.1) is 12.7 Å². The molecule has 0 aliphatic rings. The van der Waals surface area contributed by atoms with E-state index in [4.69, 9.17) is 18.0 Å². The number of thiocarbonyl (C=S) groups is 1. The molecule has 0 atom stereocenters. The van der Waals surface area contributed by atoms with Crippen molar-refractivity contribution in [2.75, 3.05) is 0 Å². The molecule has 0 spiro atoms. The highest BCUT2D eigenvalue weighted by molar-refractivity contribution is 7.80. The number of amides is 1. The van der Waals surface area contributed by atoms with E-state index in [2.05, 4.69) is 10.4 Å². The number of nitrogens with two attached hydrogens (primary N) is 1. The molecule has 0 aliphatic carbocycles. The minimum atomic E-state index is -0.457. The van der Waals surface area contributed by atoms with Crippen LogP contribution in [-0.4, -0.2) is 20.7 Å². The zero-order valence-corrected chi connectivity index (χ0v) is 12.5. The summed E-state index contributed by atoms with van der Waals surface area (Å²) in [5.41, 5.74) is 7.43. The predicted molar refractivity (Wildman–Crippen MR) is 81.4 cm³/mol. The number of hydrogen-bond acceptors (Lipinski definition) is 3. The van der Waals surface area contributed by atoms with Crippen LogP contribution in [0.1, 0.15) is 27.3 Å². The zero-order chi connectivity index (χ0) is 15.6. The maximum atomic E-state index is 13.9. The topological polar surface area (TPSA) is 72.9 Å². The van der Waals surface area contributed by atoms with Crippen molar-refractivity contribution in [3.63, 3.8) is 0 Å². The van der Waals surface area contributed by atoms with Gasteiger partial charge in [0.15, 0.2) is 0 Å². The molecule has 0 saturated heterocycles. The number of aromatic nitrogens is 2. The largest absolute Gasteiger partial charge is 0.389 e. The van der Waals surface area contributed by atoms with Crippen molar-refractivity contribution in [3.05, 3.63) is 52.6 Å². The van der Waals surface area contributed by atoms with Crippen molar-refractivity contribution in [2.45, 2.75) is 13.5 Å². The third kappa shape index (κ3) is 3.43. The molecule has 1 aromatic heterocycles. The van der Waals surface area contributed by atoms with E-state index in [1.807, 2.05) is 0 Å². The minimum Gasteiger partial charge on any atom is -0.389 e. The number of hydrogen-bond donors (Lipinski definition) is 2. The minimum absolute atomic E-state index is 0.0759. The van der Waals surface area contributed by atoms with E-state index in [-0.39, 0.29) is 17.4 Å². The lowest BCUT2D eigenvalue weighted by molar-refractivity contribution is 0.0941. The lowest BCUT2D eigenvalue weighted by atomic mass is 10.1. The number of carbonyl (C=O) groups excluding carboxylic acids is 1. The summed E-state index contributed by atoms with van der Waals surface area (Å²) in [6.45, 7) is 1.87. The fraction of sp³-hybridized carbons (Fsp3) is 0.214. The molecule has 1 aromatic carbocycles. The lowest BCUT2D eigenvalue weighted by Crippen LogP contribution is -2.25. The normalized spacial score (nSPS) is 10.4. The van der Waals surface area contributed by atoms with Crippen LogP contribution in [-0.2, 0) is 13.6 Å². The fourth-order valence-electron chi connectivity index (χ4n) is 1.93. The molecule has 0 bridgehead atoms. The van der Waals surface area contributed by atoms with Gasteiger partial charge in [0.2, 0.25) is 0 Å². The van der Waals surface area contributed by atoms with Gasteiger partial charge < -0.3 is 11.1 Å². The summed E-state index contributed by atoms with van der Waals surface area (Å²) < 4.78 is 15.3. The quantitative estimate of drug-likeness (QED) is 0.838. The molecule has 0 fully saturated rings. The van der Waals surface area contributed by atoms with E-state index >= 15 is 0 Å². The third-order valence-corrected chi connectivity index (χ3v) is 3.25. The van der Waals surface area contributed by atoms with Gasteiger partial charge in [0, 0.05) is 24.7 Å². The van der Waals surface area contributed by atoms with Crippen molar-refractivity contribution in [2.24, 2.45) is 12.8 Å². The smallest absolute Gasteiger partial charge is 0.269 e. The predicted octanol–water partition coefficient (Wildman–Crippen LogP) is 1.43. The molecule has 0 unspecified atom stereocenters. The van der Waals surface area contributed by atoms with E-state index in [0.717, 1.165) is 5.69 Å². The number of rotatable bonds is 4. The highest BCUT2D eigenvalue weighted by Crippen LogP contribution is 2.11. The molecule has 1 amide bonds. The van der Waals surface area contributed by atoms with Gasteiger partial charge in [-0.3, -0.25) is 9.48 Å². The van der Waals surface area contributed by atoms with Crippen LogP contribution in [0.2, 0.25) is 0 Å². The molecular weight excluding hydrogens is 291 g/mol. The van der Waals surface area contributed by atoms with E-state index in [0.29, 0.717) is 16.8 Å². The summed E-state index contributed by atoms with van der Waals surface area (Å²) in [5.74, 6) is -0.766. The Kier molecular flexibility index (Phi) is 4.32. The van der Waals surface area contributed by atoms with Crippen molar-refractivity contribution in [3.8, 4) is 0 Å². The number of carbonyl (C=O) groups is 1. The molecule has 0 aliphatic heterocycles. The van der Waals surface area contributed by atoms with Crippen LogP contribution in [0.4, 0.5) is 4.39 Å². The van der Waals surface area contributed by atoms with E-state index in [1.165, 1.54) is 10.7 Å². The Morgan fingerprint density at radius 1 is 1.48 bits per heavy atom. The second kappa shape index (κ2) is 6.01. The molecule has 0 radical (unpaired) electrons. The van der Waals surface area contributed by atoms with Gasteiger partial charge in [-0.2, -0.15) is 5.10 Å². The van der Waals surface area contributed by atoms with Gasteiger partial charge in [-0.15, -0.1) is 0 Å². The summed E-state index contributed by atoms with van der Waals surface area (Å²) in [5, 5.41) is 6.74. The molecule has 2 aromatic rings. The van der Waals surface area contributed by atoms with Crippen molar-refractivity contribution < 1.29 is 9.18 Å². The van der Waals surface area contributed by atoms with Crippen molar-refractivity contribution in [1.29, 1.82) is 0 Å². The number of aryl methyl sites for hydroxylation is 2. The Morgan fingerprint density at radius 3 is 2.71 bits per heavy atom. The molecule has 0 saturated carbocycles. The highest BCUT2D eigenvalue weighted by Gasteiger charge is 2.12. The first-order chi connectivity index (χ1) is 9.88. The van der Waals surface area contributed by atoms with Gasteiger partial charge in [0.05, 0.1) is 5.69 Å². The Hall–Kier alpha value is -2.28. The summed E-state index contributed by atoms with van der Waals surface area (Å²) in [6.07, 6.45) is 0. The van der Waals surface area contributed by atoms with Crippen LogP contribution in [0.5, 0.6) is 0 Å². The molecule has 2 rings (SSSR count). The summed E-state index contributed by atoms with van der Waals surface area (Å²) >= 11 is 4.78. The SMILES string of the molecule is Cc1cc(C(=O)NCc2ccc(C(N)=S)cc2F)n(C)n1. The van der Waals surface area contributed by atoms with E-state index < -0.39 is 5.82 Å². The van der Waals surface area contributed by atoms with Crippen molar-refractivity contribution >= 4 is 23.1 Å². The molecule has 3 N–H and O–H groups in total. The van der Waals surface area contributed by atoms with Gasteiger partial charge in [-0.1, -0.05) is 24.4 Å². The standard InChI is InChI=1S/C14H15FN4OS/c1-8-5-12(19(2)18-8)14(20)17-7-10-4-3-9(13(16)21)6-11(10)15/h3-6H,7H2,1-2H3,(H2,16,21)(H,17,20). The molecule has 5 nitrogen and oxygen atoms in total. The number of benzene rings is 1. The molecule has 110 valence electrons. The van der Waals surface area contributed by atoms with Crippen LogP contribution < -0.4 is 11.1 Å². The van der Waals surface area contributed by atoms with Crippen molar-refractivity contribution in [1.82, 2.24) is 15.1 Å². The Morgan fingerprint density at radius 2 is 2.19 bits per heavy atom. The van der Waals surface area contributed by atoms with Gasteiger partial charge in [0.1, 0.15) is 16.5 Å². The van der Waals surface area contributed by atoms with Crippen LogP contribution in [0.3, 0.4) is 0 Å². The highest BCUT2D eigenvalue weighted by atomic mass is 32.1. The monoisotopic (exact) mass is 306 g/mol. The van der Waals surface area contributed by atoms with Gasteiger partial charge >= 0.3 is 0 Å². The number of halogens is 1. The first-order valence-electron chi connectivity index (χ1n) is 6.25. The summed E-state index contributed by atoms with van der Waals surface area (Å²) in [6, 6.07) is 6.11. The zero-order valence-electron chi connectivity index (χ0n) is 11.7. The maximum Gasteiger partial charge on any atom is 0.269 e. The second-order valence-corrected chi connectivity index (χ2v) is 5.09.